The summed E-state index contributed by atoms with van der Waals surface area (Å²) in [5, 5.41) is 3.23. The van der Waals surface area contributed by atoms with E-state index in [-0.39, 0.29) is 5.82 Å². The van der Waals surface area contributed by atoms with Gasteiger partial charge in [0, 0.05) is 22.8 Å². The van der Waals surface area contributed by atoms with Crippen molar-refractivity contribution < 1.29 is 9.13 Å². The van der Waals surface area contributed by atoms with Crippen LogP contribution in [0.25, 0.3) is 0 Å². The minimum atomic E-state index is -0.307. The van der Waals surface area contributed by atoms with Gasteiger partial charge in [0.1, 0.15) is 18.2 Å². The van der Waals surface area contributed by atoms with Gasteiger partial charge in [0.15, 0.2) is 0 Å². The Labute approximate surface area is 128 Å². The fourth-order valence-corrected chi connectivity index (χ4v) is 2.30. The van der Waals surface area contributed by atoms with Gasteiger partial charge in [0.25, 0.3) is 0 Å². The first-order chi connectivity index (χ1) is 9.15. The lowest BCUT2D eigenvalue weighted by Gasteiger charge is -2.10. The Hall–Kier alpha value is -1.07. The normalized spacial score (nSPS) is 10.3. The van der Waals surface area contributed by atoms with E-state index in [2.05, 4.69) is 37.2 Å². The van der Waals surface area contributed by atoms with E-state index in [9.17, 15) is 4.39 Å². The maximum Gasteiger partial charge on any atom is 0.136 e. The van der Waals surface area contributed by atoms with Crippen LogP contribution in [0.5, 0.6) is 5.75 Å². The Balaban J connectivity index is 1.82. The molecule has 0 aromatic heterocycles. The van der Waals surface area contributed by atoms with Crippen LogP contribution >= 0.6 is 31.9 Å². The van der Waals surface area contributed by atoms with Gasteiger partial charge in [0.05, 0.1) is 4.47 Å². The standard InChI is InChI=1S/C14H12Br2FNO/c15-10-2-1-3-12(8-10)18-6-7-19-14-9-11(17)4-5-13(14)16/h1-5,8-9,18H,6-7H2. The molecule has 5 heteroatoms. The molecule has 19 heavy (non-hydrogen) atoms. The summed E-state index contributed by atoms with van der Waals surface area (Å²) in [5.74, 6) is 0.203. The van der Waals surface area contributed by atoms with E-state index < -0.39 is 0 Å². The van der Waals surface area contributed by atoms with E-state index in [1.54, 1.807) is 6.07 Å². The minimum absolute atomic E-state index is 0.307. The molecule has 0 saturated heterocycles. The topological polar surface area (TPSA) is 21.3 Å². The van der Waals surface area contributed by atoms with Crippen LogP contribution in [0.2, 0.25) is 0 Å². The lowest BCUT2D eigenvalue weighted by Crippen LogP contribution is -2.11. The van der Waals surface area contributed by atoms with Crippen molar-refractivity contribution in [3.63, 3.8) is 0 Å². The first-order valence-corrected chi connectivity index (χ1v) is 7.31. The van der Waals surface area contributed by atoms with Gasteiger partial charge in [-0.25, -0.2) is 4.39 Å². The summed E-state index contributed by atoms with van der Waals surface area (Å²) < 4.78 is 20.3. The van der Waals surface area contributed by atoms with Gasteiger partial charge >= 0.3 is 0 Å². The second-order valence-electron chi connectivity index (χ2n) is 3.86. The van der Waals surface area contributed by atoms with Gasteiger partial charge in [-0.15, -0.1) is 0 Å². The zero-order valence-electron chi connectivity index (χ0n) is 10.00. The summed E-state index contributed by atoms with van der Waals surface area (Å²) in [6.07, 6.45) is 0. The first kappa shape index (κ1) is 14.3. The van der Waals surface area contributed by atoms with Crippen molar-refractivity contribution in [3.05, 3.63) is 57.2 Å². The Morgan fingerprint density at radius 1 is 1.11 bits per heavy atom. The van der Waals surface area contributed by atoms with Crippen LogP contribution in [0.1, 0.15) is 0 Å². The van der Waals surface area contributed by atoms with Crippen LogP contribution in [0.4, 0.5) is 10.1 Å². The van der Waals surface area contributed by atoms with Crippen molar-refractivity contribution in [1.29, 1.82) is 0 Å². The van der Waals surface area contributed by atoms with Crippen molar-refractivity contribution >= 4 is 37.5 Å². The summed E-state index contributed by atoms with van der Waals surface area (Å²) in [5.41, 5.74) is 1.01. The second-order valence-corrected chi connectivity index (χ2v) is 5.63. The predicted octanol–water partition coefficient (Wildman–Crippen LogP) is 4.84. The van der Waals surface area contributed by atoms with Crippen molar-refractivity contribution in [3.8, 4) is 5.75 Å². The maximum atomic E-state index is 13.0. The van der Waals surface area contributed by atoms with Crippen LogP contribution in [0, 0.1) is 5.82 Å². The molecule has 0 atom stereocenters. The van der Waals surface area contributed by atoms with E-state index in [0.717, 1.165) is 14.6 Å². The number of nitrogens with one attached hydrogen (secondary N) is 1. The van der Waals surface area contributed by atoms with E-state index in [1.807, 2.05) is 24.3 Å². The molecule has 0 bridgehead atoms. The molecule has 0 aliphatic rings. The SMILES string of the molecule is Fc1ccc(Br)c(OCCNc2cccc(Br)c2)c1. The zero-order valence-corrected chi connectivity index (χ0v) is 13.2. The molecule has 0 unspecified atom stereocenters. The molecule has 0 amide bonds. The van der Waals surface area contributed by atoms with Crippen LogP contribution in [-0.4, -0.2) is 13.2 Å². The number of ether oxygens (including phenoxy) is 1. The molecule has 0 aliphatic carbocycles. The number of rotatable bonds is 5. The van der Waals surface area contributed by atoms with Crippen molar-refractivity contribution in [2.45, 2.75) is 0 Å². The van der Waals surface area contributed by atoms with Crippen LogP contribution in [0.3, 0.4) is 0 Å². The molecule has 0 aliphatic heterocycles. The van der Waals surface area contributed by atoms with Gasteiger partial charge < -0.3 is 10.1 Å². The molecule has 0 fully saturated rings. The van der Waals surface area contributed by atoms with Crippen molar-refractivity contribution in [1.82, 2.24) is 0 Å². The van der Waals surface area contributed by atoms with Crippen LogP contribution < -0.4 is 10.1 Å². The molecule has 0 heterocycles. The minimum Gasteiger partial charge on any atom is -0.490 e. The average Bonchev–Trinajstić information content (AvgIpc) is 2.39. The summed E-state index contributed by atoms with van der Waals surface area (Å²) in [6.45, 7) is 1.09. The molecule has 2 aromatic carbocycles. The number of halogens is 3. The third-order valence-electron chi connectivity index (χ3n) is 2.41. The van der Waals surface area contributed by atoms with E-state index in [1.165, 1.54) is 12.1 Å². The molecule has 2 aromatic rings. The molecule has 0 radical (unpaired) electrons. The highest BCUT2D eigenvalue weighted by Crippen LogP contribution is 2.25. The average molecular weight is 389 g/mol. The molecule has 0 spiro atoms. The first-order valence-electron chi connectivity index (χ1n) is 5.72. The highest BCUT2D eigenvalue weighted by Gasteiger charge is 2.02. The lowest BCUT2D eigenvalue weighted by atomic mass is 10.3. The van der Waals surface area contributed by atoms with Crippen LogP contribution in [-0.2, 0) is 0 Å². The third kappa shape index (κ3) is 4.51. The predicted molar refractivity (Wildman–Crippen MR) is 82.2 cm³/mol. The largest absolute Gasteiger partial charge is 0.490 e. The van der Waals surface area contributed by atoms with Gasteiger partial charge in [-0.1, -0.05) is 22.0 Å². The van der Waals surface area contributed by atoms with E-state index >= 15 is 0 Å². The second kappa shape index (κ2) is 6.91. The lowest BCUT2D eigenvalue weighted by molar-refractivity contribution is 0.329. The molecule has 1 N–H and O–H groups in total. The fraction of sp³-hybridized carbons (Fsp3) is 0.143. The van der Waals surface area contributed by atoms with E-state index in [0.29, 0.717) is 18.9 Å². The summed E-state index contributed by atoms with van der Waals surface area (Å²) >= 11 is 6.72. The van der Waals surface area contributed by atoms with Gasteiger partial charge in [-0.05, 0) is 46.3 Å². The Morgan fingerprint density at radius 3 is 2.74 bits per heavy atom. The highest BCUT2D eigenvalue weighted by atomic mass is 79.9. The zero-order chi connectivity index (χ0) is 13.7. The summed E-state index contributed by atoms with van der Waals surface area (Å²) in [7, 11) is 0. The smallest absolute Gasteiger partial charge is 0.136 e. The quantitative estimate of drug-likeness (QED) is 0.740. The molecule has 2 rings (SSSR count). The summed E-state index contributed by atoms with van der Waals surface area (Å²) in [6, 6.07) is 12.3. The number of hydrogen-bond donors (Lipinski definition) is 1. The van der Waals surface area contributed by atoms with Gasteiger partial charge in [0.2, 0.25) is 0 Å². The molecule has 100 valence electrons. The Kier molecular flexibility index (Phi) is 5.22. The number of anilines is 1. The fourth-order valence-electron chi connectivity index (χ4n) is 1.54. The molecule has 0 saturated carbocycles. The Morgan fingerprint density at radius 2 is 1.95 bits per heavy atom. The Bertz CT molecular complexity index is 563. The molecule has 2 nitrogen and oxygen atoms in total. The monoisotopic (exact) mass is 387 g/mol. The summed E-state index contributed by atoms with van der Waals surface area (Å²) in [4.78, 5) is 0. The molecular formula is C14H12Br2FNO. The van der Waals surface area contributed by atoms with E-state index in [4.69, 9.17) is 4.74 Å². The van der Waals surface area contributed by atoms with Gasteiger partial charge in [-0.3, -0.25) is 0 Å². The number of benzene rings is 2. The number of hydrogen-bond acceptors (Lipinski definition) is 2. The van der Waals surface area contributed by atoms with Crippen molar-refractivity contribution in [2.75, 3.05) is 18.5 Å². The maximum absolute atomic E-state index is 13.0. The van der Waals surface area contributed by atoms with Gasteiger partial charge in [-0.2, -0.15) is 0 Å². The highest BCUT2D eigenvalue weighted by molar-refractivity contribution is 9.10. The van der Waals surface area contributed by atoms with Crippen molar-refractivity contribution in [2.24, 2.45) is 0 Å². The molecular weight excluding hydrogens is 377 g/mol. The third-order valence-corrected chi connectivity index (χ3v) is 3.55. The van der Waals surface area contributed by atoms with Crippen LogP contribution in [0.15, 0.2) is 51.4 Å².